The first kappa shape index (κ1) is 18.4. The van der Waals surface area contributed by atoms with Crippen LogP contribution in [0.3, 0.4) is 0 Å². The smallest absolute Gasteiger partial charge is 0.234 e. The van der Waals surface area contributed by atoms with Crippen LogP contribution in [0.1, 0.15) is 11.1 Å². The van der Waals surface area contributed by atoms with E-state index in [2.05, 4.69) is 9.97 Å². The van der Waals surface area contributed by atoms with Crippen LogP contribution in [0.2, 0.25) is 0 Å². The number of amides is 1. The number of hydrogen-bond acceptors (Lipinski definition) is 5. The fraction of sp³-hybridized carbons (Fsp3) is 0.238. The molecule has 1 aliphatic rings. The minimum absolute atomic E-state index is 0.0723. The zero-order valence-electron chi connectivity index (χ0n) is 15.5. The van der Waals surface area contributed by atoms with Crippen LogP contribution in [0.5, 0.6) is 11.5 Å². The predicted octanol–water partition coefficient (Wildman–Crippen LogP) is 3.74. The molecule has 3 aromatic rings. The van der Waals surface area contributed by atoms with Gasteiger partial charge in [0.1, 0.15) is 29.3 Å². The lowest BCUT2D eigenvalue weighted by Gasteiger charge is -2.23. The third-order valence-corrected chi connectivity index (χ3v) is 5.77. The Balaban J connectivity index is 1.40. The van der Waals surface area contributed by atoms with Crippen LogP contribution in [0, 0.1) is 0 Å². The number of aromatic amines is 1. The summed E-state index contributed by atoms with van der Waals surface area (Å²) in [6.07, 6.45) is 1.82. The second kappa shape index (κ2) is 8.39. The zero-order valence-corrected chi connectivity index (χ0v) is 16.3. The molecule has 1 atom stereocenters. The van der Waals surface area contributed by atoms with Crippen LogP contribution in [0.25, 0.3) is 11.4 Å². The number of methoxy groups -OCH3 is 1. The van der Waals surface area contributed by atoms with Crippen molar-refractivity contribution in [1.82, 2.24) is 14.9 Å². The maximum atomic E-state index is 12.4. The number of aromatic nitrogens is 2. The second-order valence-corrected chi connectivity index (χ2v) is 7.40. The quantitative estimate of drug-likeness (QED) is 0.660. The Bertz CT molecular complexity index is 928. The summed E-state index contributed by atoms with van der Waals surface area (Å²) in [6.45, 7) is 0.941. The highest BCUT2D eigenvalue weighted by Gasteiger charge is 2.33. The van der Waals surface area contributed by atoms with Crippen molar-refractivity contribution in [3.8, 4) is 22.9 Å². The molecule has 0 saturated carbocycles. The number of hydrogen-bond donors (Lipinski definition) is 1. The molecule has 4 rings (SSSR count). The molecule has 0 spiro atoms. The maximum Gasteiger partial charge on any atom is 0.234 e. The first-order valence-electron chi connectivity index (χ1n) is 9.03. The summed E-state index contributed by atoms with van der Waals surface area (Å²) in [5.41, 5.74) is 1.96. The number of ether oxygens (including phenoxy) is 2. The van der Waals surface area contributed by atoms with Gasteiger partial charge in [0.2, 0.25) is 5.91 Å². The van der Waals surface area contributed by atoms with Gasteiger partial charge in [0.15, 0.2) is 0 Å². The molecule has 2 aromatic carbocycles. The Morgan fingerprint density at radius 2 is 1.89 bits per heavy atom. The number of nitrogens with one attached hydrogen (secondary N) is 1. The van der Waals surface area contributed by atoms with Gasteiger partial charge in [0.05, 0.1) is 31.3 Å². The number of nitrogens with zero attached hydrogens (tertiary/aromatic N) is 2. The van der Waals surface area contributed by atoms with Gasteiger partial charge in [-0.3, -0.25) is 4.79 Å². The molecule has 1 saturated heterocycles. The van der Waals surface area contributed by atoms with Crippen molar-refractivity contribution in [2.24, 2.45) is 0 Å². The van der Waals surface area contributed by atoms with Gasteiger partial charge in [-0.2, -0.15) is 0 Å². The van der Waals surface area contributed by atoms with Crippen LogP contribution < -0.4 is 9.47 Å². The Hall–Kier alpha value is -2.93. The summed E-state index contributed by atoms with van der Waals surface area (Å²) in [5, 5.41) is -0.0723. The van der Waals surface area contributed by atoms with Crippen molar-refractivity contribution in [3.05, 3.63) is 66.5 Å². The van der Waals surface area contributed by atoms with Crippen molar-refractivity contribution in [3.63, 3.8) is 0 Å². The predicted molar refractivity (Wildman–Crippen MR) is 109 cm³/mol. The van der Waals surface area contributed by atoms with Gasteiger partial charge < -0.3 is 19.4 Å². The first-order valence-corrected chi connectivity index (χ1v) is 10.1. The van der Waals surface area contributed by atoms with E-state index in [1.807, 2.05) is 65.7 Å². The van der Waals surface area contributed by atoms with Crippen molar-refractivity contribution in [1.29, 1.82) is 0 Å². The van der Waals surface area contributed by atoms with Gasteiger partial charge in [0.25, 0.3) is 0 Å². The van der Waals surface area contributed by atoms with E-state index in [1.54, 1.807) is 18.9 Å². The molecule has 1 N–H and O–H groups in total. The number of thioether (sulfide) groups is 1. The van der Waals surface area contributed by atoms with Crippen LogP contribution >= 0.6 is 11.8 Å². The summed E-state index contributed by atoms with van der Waals surface area (Å²) < 4.78 is 10.9. The topological polar surface area (TPSA) is 67.5 Å². The third kappa shape index (κ3) is 3.99. The van der Waals surface area contributed by atoms with Crippen molar-refractivity contribution >= 4 is 17.7 Å². The van der Waals surface area contributed by atoms with Gasteiger partial charge in [-0.25, -0.2) is 4.98 Å². The summed E-state index contributed by atoms with van der Waals surface area (Å²) in [6, 6.07) is 17.4. The third-order valence-electron chi connectivity index (χ3n) is 4.54. The van der Waals surface area contributed by atoms with Crippen molar-refractivity contribution in [2.75, 3.05) is 26.0 Å². The normalized spacial score (nSPS) is 16.4. The molecule has 144 valence electrons. The number of carbonyl (C=O) groups excluding carboxylic acids is 1. The van der Waals surface area contributed by atoms with Gasteiger partial charge in [-0.1, -0.05) is 30.3 Å². The summed E-state index contributed by atoms with van der Waals surface area (Å²) in [4.78, 5) is 22.1. The highest BCUT2D eigenvalue weighted by Crippen LogP contribution is 2.38. The van der Waals surface area contributed by atoms with E-state index >= 15 is 0 Å². The lowest BCUT2D eigenvalue weighted by molar-refractivity contribution is -0.128. The van der Waals surface area contributed by atoms with Crippen LogP contribution in [0.4, 0.5) is 0 Å². The minimum Gasteiger partial charge on any atom is -0.497 e. The fourth-order valence-corrected chi connectivity index (χ4v) is 4.26. The maximum absolute atomic E-state index is 12.4. The highest BCUT2D eigenvalue weighted by molar-refractivity contribution is 8.00. The Morgan fingerprint density at radius 1 is 1.14 bits per heavy atom. The molecule has 0 aliphatic carbocycles. The second-order valence-electron chi connectivity index (χ2n) is 6.33. The fourth-order valence-electron chi connectivity index (χ4n) is 3.09. The summed E-state index contributed by atoms with van der Waals surface area (Å²) in [5.74, 6) is 2.93. The van der Waals surface area contributed by atoms with Crippen molar-refractivity contribution in [2.45, 2.75) is 5.37 Å². The van der Waals surface area contributed by atoms with E-state index in [9.17, 15) is 4.79 Å². The molecule has 6 nitrogen and oxygen atoms in total. The first-order chi connectivity index (χ1) is 13.7. The van der Waals surface area contributed by atoms with E-state index in [4.69, 9.17) is 9.47 Å². The van der Waals surface area contributed by atoms with Gasteiger partial charge in [-0.15, -0.1) is 11.8 Å². The number of benzene rings is 2. The number of imidazole rings is 1. The van der Waals surface area contributed by atoms with E-state index in [0.29, 0.717) is 18.9 Å². The average molecular weight is 395 g/mol. The molecule has 0 radical (unpaired) electrons. The van der Waals surface area contributed by atoms with Gasteiger partial charge in [0, 0.05) is 5.56 Å². The number of carbonyl (C=O) groups is 1. The molecule has 28 heavy (non-hydrogen) atoms. The average Bonchev–Trinajstić information content (AvgIpc) is 3.36. The molecular formula is C21H21N3O3S. The molecule has 0 bridgehead atoms. The van der Waals surface area contributed by atoms with Gasteiger partial charge in [-0.05, 0) is 24.3 Å². The Morgan fingerprint density at radius 3 is 2.64 bits per heavy atom. The minimum atomic E-state index is -0.0723. The molecule has 1 amide bonds. The van der Waals surface area contributed by atoms with E-state index in [0.717, 1.165) is 28.6 Å². The van der Waals surface area contributed by atoms with E-state index in [-0.39, 0.29) is 11.3 Å². The molecule has 1 aromatic heterocycles. The molecular weight excluding hydrogens is 374 g/mol. The lowest BCUT2D eigenvalue weighted by Crippen LogP contribution is -2.32. The molecule has 2 heterocycles. The number of rotatable bonds is 7. The zero-order chi connectivity index (χ0) is 19.3. The molecule has 1 fully saturated rings. The van der Waals surface area contributed by atoms with Crippen molar-refractivity contribution < 1.29 is 14.3 Å². The Labute approximate surface area is 167 Å². The monoisotopic (exact) mass is 395 g/mol. The van der Waals surface area contributed by atoms with Crippen LogP contribution in [0.15, 0.2) is 60.8 Å². The number of H-pyrrole nitrogens is 1. The van der Waals surface area contributed by atoms with Gasteiger partial charge >= 0.3 is 0 Å². The lowest BCUT2D eigenvalue weighted by atomic mass is 10.2. The highest BCUT2D eigenvalue weighted by atomic mass is 32.2. The molecule has 7 heteroatoms. The largest absolute Gasteiger partial charge is 0.497 e. The standard InChI is InChI=1S/C21H21N3O3S/c1-26-16-7-9-17(10-8-16)27-12-11-24-19(25)14-28-21(24)18-13-22-20(23-18)15-5-3-2-4-6-15/h2-10,13,21H,11-12,14H2,1H3,(H,22,23). The summed E-state index contributed by atoms with van der Waals surface area (Å²) in [7, 11) is 1.63. The molecule has 1 unspecified atom stereocenters. The summed E-state index contributed by atoms with van der Waals surface area (Å²) >= 11 is 1.60. The van der Waals surface area contributed by atoms with Crippen LogP contribution in [-0.4, -0.2) is 46.8 Å². The van der Waals surface area contributed by atoms with Crippen LogP contribution in [-0.2, 0) is 4.79 Å². The molecule has 1 aliphatic heterocycles. The van der Waals surface area contributed by atoms with E-state index < -0.39 is 0 Å². The Kier molecular flexibility index (Phi) is 5.53. The SMILES string of the molecule is COc1ccc(OCCN2C(=O)CSC2c2cnc(-c3ccccc3)[nH]2)cc1. The van der Waals surface area contributed by atoms with E-state index in [1.165, 1.54) is 0 Å².